The zero-order chi connectivity index (χ0) is 10.3. The Labute approximate surface area is 85.1 Å². The molecular weight excluding hydrogens is 172 g/mol. The number of hydrogen-bond donors (Lipinski definition) is 0. The summed E-state index contributed by atoms with van der Waals surface area (Å²) >= 11 is 0. The number of fused-ring (bicyclic) bond motifs is 1. The molecule has 0 radical (unpaired) electrons. The molecule has 1 aliphatic rings. The van der Waals surface area contributed by atoms with Gasteiger partial charge < -0.3 is 0 Å². The van der Waals surface area contributed by atoms with Crippen LogP contribution in [-0.4, -0.2) is 5.78 Å². The second-order valence-corrected chi connectivity index (χ2v) is 4.19. The van der Waals surface area contributed by atoms with E-state index in [4.69, 9.17) is 0 Å². The predicted molar refractivity (Wildman–Crippen MR) is 57.5 cm³/mol. The first-order valence-electron chi connectivity index (χ1n) is 5.25. The lowest BCUT2D eigenvalue weighted by atomic mass is 9.54. The molecule has 0 saturated heterocycles. The lowest BCUT2D eigenvalue weighted by Gasteiger charge is -2.48. The molecule has 74 valence electrons. The van der Waals surface area contributed by atoms with E-state index in [9.17, 15) is 4.79 Å². The van der Waals surface area contributed by atoms with E-state index >= 15 is 0 Å². The van der Waals surface area contributed by atoms with Crippen LogP contribution in [0.1, 0.15) is 44.2 Å². The number of rotatable bonds is 2. The summed E-state index contributed by atoms with van der Waals surface area (Å²) in [5, 5.41) is 0. The molecule has 0 aromatic heterocycles. The molecule has 0 amide bonds. The topological polar surface area (TPSA) is 17.1 Å². The molecule has 1 aliphatic carbocycles. The third-order valence-corrected chi connectivity index (χ3v) is 3.83. The standard InChI is InChI=1S/C13H16O/c1-4-13(10(3)14)9(2)11-7-5-6-8-12(11)13/h5-9H,4H2,1-3H3. The summed E-state index contributed by atoms with van der Waals surface area (Å²) in [6, 6.07) is 8.31. The molecule has 2 rings (SSSR count). The van der Waals surface area contributed by atoms with Gasteiger partial charge in [0.2, 0.25) is 0 Å². The van der Waals surface area contributed by atoms with E-state index in [1.807, 2.05) is 6.07 Å². The van der Waals surface area contributed by atoms with Crippen LogP contribution in [0.2, 0.25) is 0 Å². The Kier molecular flexibility index (Phi) is 1.99. The van der Waals surface area contributed by atoms with Crippen LogP contribution in [0.4, 0.5) is 0 Å². The summed E-state index contributed by atoms with van der Waals surface area (Å²) < 4.78 is 0. The van der Waals surface area contributed by atoms with Gasteiger partial charge in [-0.1, -0.05) is 38.1 Å². The van der Waals surface area contributed by atoms with Crippen LogP contribution in [0, 0.1) is 0 Å². The van der Waals surface area contributed by atoms with Gasteiger partial charge in [-0.15, -0.1) is 0 Å². The largest absolute Gasteiger partial charge is 0.299 e. The molecule has 0 N–H and O–H groups in total. The maximum Gasteiger partial charge on any atom is 0.140 e. The van der Waals surface area contributed by atoms with E-state index in [2.05, 4.69) is 32.0 Å². The number of benzene rings is 1. The van der Waals surface area contributed by atoms with E-state index in [0.717, 1.165) is 6.42 Å². The van der Waals surface area contributed by atoms with Gasteiger partial charge in [0.1, 0.15) is 5.78 Å². The van der Waals surface area contributed by atoms with Crippen molar-refractivity contribution in [3.63, 3.8) is 0 Å². The first-order valence-corrected chi connectivity index (χ1v) is 5.25. The normalized spacial score (nSPS) is 29.2. The highest BCUT2D eigenvalue weighted by Gasteiger charge is 2.50. The van der Waals surface area contributed by atoms with E-state index < -0.39 is 0 Å². The van der Waals surface area contributed by atoms with Crippen molar-refractivity contribution in [1.82, 2.24) is 0 Å². The fourth-order valence-electron chi connectivity index (χ4n) is 2.94. The molecule has 0 aliphatic heterocycles. The first-order chi connectivity index (χ1) is 6.64. The average Bonchev–Trinajstić information content (AvgIpc) is 2.18. The fourth-order valence-corrected chi connectivity index (χ4v) is 2.94. The van der Waals surface area contributed by atoms with Gasteiger partial charge in [0.15, 0.2) is 0 Å². The van der Waals surface area contributed by atoms with Gasteiger partial charge >= 0.3 is 0 Å². The first kappa shape index (κ1) is 9.45. The van der Waals surface area contributed by atoms with Gasteiger partial charge in [-0.05, 0) is 30.4 Å². The van der Waals surface area contributed by atoms with Crippen molar-refractivity contribution < 1.29 is 4.79 Å². The Morgan fingerprint density at radius 3 is 2.64 bits per heavy atom. The van der Waals surface area contributed by atoms with Gasteiger partial charge in [-0.2, -0.15) is 0 Å². The summed E-state index contributed by atoms with van der Waals surface area (Å²) in [4.78, 5) is 11.8. The van der Waals surface area contributed by atoms with Crippen molar-refractivity contribution in [2.24, 2.45) is 0 Å². The molecule has 1 nitrogen and oxygen atoms in total. The Morgan fingerprint density at radius 2 is 2.07 bits per heavy atom. The smallest absolute Gasteiger partial charge is 0.140 e. The van der Waals surface area contributed by atoms with Crippen molar-refractivity contribution in [3.8, 4) is 0 Å². The molecule has 0 heterocycles. The number of carbonyl (C=O) groups excluding carboxylic acids is 1. The lowest BCUT2D eigenvalue weighted by Crippen LogP contribution is -2.47. The molecule has 1 aromatic carbocycles. The van der Waals surface area contributed by atoms with Crippen molar-refractivity contribution in [2.45, 2.75) is 38.5 Å². The molecule has 1 aromatic rings. The molecule has 0 fully saturated rings. The second kappa shape index (κ2) is 2.94. The third kappa shape index (κ3) is 0.875. The number of hydrogen-bond acceptors (Lipinski definition) is 1. The maximum absolute atomic E-state index is 11.8. The number of ketones is 1. The summed E-state index contributed by atoms with van der Waals surface area (Å²) in [5.41, 5.74) is 2.42. The van der Waals surface area contributed by atoms with Crippen molar-refractivity contribution in [3.05, 3.63) is 35.4 Å². The van der Waals surface area contributed by atoms with Crippen LogP contribution in [0.5, 0.6) is 0 Å². The predicted octanol–water partition coefficient (Wildman–Crippen LogP) is 3.04. The quantitative estimate of drug-likeness (QED) is 0.697. The summed E-state index contributed by atoms with van der Waals surface area (Å²) in [6.45, 7) is 5.98. The Bertz CT molecular complexity index is 381. The zero-order valence-corrected chi connectivity index (χ0v) is 9.00. The van der Waals surface area contributed by atoms with E-state index in [-0.39, 0.29) is 5.41 Å². The fraction of sp³-hybridized carbons (Fsp3) is 0.462. The maximum atomic E-state index is 11.8. The minimum atomic E-state index is -0.184. The minimum Gasteiger partial charge on any atom is -0.299 e. The number of carbonyl (C=O) groups is 1. The number of Topliss-reactive ketones (excluding diaryl/α,β-unsaturated/α-hetero) is 1. The zero-order valence-electron chi connectivity index (χ0n) is 9.00. The summed E-state index contributed by atoms with van der Waals surface area (Å²) in [6.07, 6.45) is 0.917. The molecule has 2 atom stereocenters. The molecule has 0 bridgehead atoms. The molecule has 1 heteroatoms. The van der Waals surface area contributed by atoms with Gasteiger partial charge in [-0.3, -0.25) is 4.79 Å². The molecule has 0 spiro atoms. The van der Waals surface area contributed by atoms with Crippen LogP contribution < -0.4 is 0 Å². The highest BCUT2D eigenvalue weighted by molar-refractivity contribution is 5.92. The van der Waals surface area contributed by atoms with Crippen molar-refractivity contribution in [1.29, 1.82) is 0 Å². The lowest BCUT2D eigenvalue weighted by molar-refractivity contribution is -0.124. The highest BCUT2D eigenvalue weighted by Crippen LogP contribution is 2.53. The molecular formula is C13H16O. The van der Waals surface area contributed by atoms with Crippen molar-refractivity contribution >= 4 is 5.78 Å². The summed E-state index contributed by atoms with van der Waals surface area (Å²) in [7, 11) is 0. The van der Waals surface area contributed by atoms with Crippen LogP contribution in [-0.2, 0) is 10.2 Å². The van der Waals surface area contributed by atoms with E-state index in [1.165, 1.54) is 11.1 Å². The van der Waals surface area contributed by atoms with Gasteiger partial charge in [0.25, 0.3) is 0 Å². The monoisotopic (exact) mass is 188 g/mol. The van der Waals surface area contributed by atoms with E-state index in [0.29, 0.717) is 11.7 Å². The van der Waals surface area contributed by atoms with Crippen LogP contribution in [0.15, 0.2) is 24.3 Å². The Morgan fingerprint density at radius 1 is 1.43 bits per heavy atom. The second-order valence-electron chi connectivity index (χ2n) is 4.19. The van der Waals surface area contributed by atoms with Crippen LogP contribution in [0.3, 0.4) is 0 Å². The molecule has 2 unspecified atom stereocenters. The van der Waals surface area contributed by atoms with E-state index in [1.54, 1.807) is 6.92 Å². The van der Waals surface area contributed by atoms with Crippen molar-refractivity contribution in [2.75, 3.05) is 0 Å². The van der Waals surface area contributed by atoms with Crippen LogP contribution >= 0.6 is 0 Å². The van der Waals surface area contributed by atoms with Crippen LogP contribution in [0.25, 0.3) is 0 Å². The SMILES string of the molecule is CCC1(C(C)=O)c2ccccc2C1C. The molecule has 14 heavy (non-hydrogen) atoms. The summed E-state index contributed by atoms with van der Waals surface area (Å²) in [5.74, 6) is 0.701. The van der Waals surface area contributed by atoms with Gasteiger partial charge in [0.05, 0.1) is 5.41 Å². The van der Waals surface area contributed by atoms with Gasteiger partial charge in [0, 0.05) is 0 Å². The minimum absolute atomic E-state index is 0.184. The average molecular weight is 188 g/mol. The Balaban J connectivity index is 2.57. The van der Waals surface area contributed by atoms with Gasteiger partial charge in [-0.25, -0.2) is 0 Å². The molecule has 0 saturated carbocycles. The third-order valence-electron chi connectivity index (χ3n) is 3.83. The Hall–Kier alpha value is -1.11. The highest BCUT2D eigenvalue weighted by atomic mass is 16.1.